The van der Waals surface area contributed by atoms with Gasteiger partial charge in [0.1, 0.15) is 6.04 Å². The van der Waals surface area contributed by atoms with E-state index in [-0.39, 0.29) is 12.6 Å². The highest BCUT2D eigenvalue weighted by molar-refractivity contribution is 7.80. The third kappa shape index (κ3) is 5.88. The Labute approximate surface area is 188 Å². The molecule has 4 heterocycles. The number of carbonyl (C=O) groups excluding carboxylic acids is 2. The first kappa shape index (κ1) is 23.6. The standard InChI is InChI=1S/C19H33N5O7S/c25-18(17-6-5-16-12-23(17)19(26)24(16)31-32(27,28)29)21-30-13-15-9-14(10-20-15)11-22-7-3-1-2-4-8-22/h14-17,20H,1-13H2,(H,21,25)(H,27,28,29)/t14-,15+,16?,17?/m0/s1. The van der Waals surface area contributed by atoms with Crippen LogP contribution in [0.2, 0.25) is 0 Å². The Balaban J connectivity index is 1.18. The van der Waals surface area contributed by atoms with E-state index in [1.807, 2.05) is 0 Å². The number of amides is 3. The van der Waals surface area contributed by atoms with E-state index < -0.39 is 34.4 Å². The van der Waals surface area contributed by atoms with Gasteiger partial charge in [-0.1, -0.05) is 12.8 Å². The summed E-state index contributed by atoms with van der Waals surface area (Å²) in [5, 5.41) is 4.08. The van der Waals surface area contributed by atoms with Crippen LogP contribution in [0.15, 0.2) is 0 Å². The van der Waals surface area contributed by atoms with E-state index in [4.69, 9.17) is 9.39 Å². The first-order valence-corrected chi connectivity index (χ1v) is 12.8. The van der Waals surface area contributed by atoms with Gasteiger partial charge in [0.2, 0.25) is 0 Å². The molecule has 0 spiro atoms. The minimum atomic E-state index is -4.81. The van der Waals surface area contributed by atoms with Crippen molar-refractivity contribution in [2.45, 2.75) is 63.1 Å². The van der Waals surface area contributed by atoms with Gasteiger partial charge in [-0.25, -0.2) is 10.3 Å². The van der Waals surface area contributed by atoms with Crippen molar-refractivity contribution >= 4 is 22.3 Å². The maximum atomic E-state index is 12.6. The lowest BCUT2D eigenvalue weighted by Crippen LogP contribution is -2.50. The minimum Gasteiger partial charge on any atom is -0.311 e. The van der Waals surface area contributed by atoms with Crippen LogP contribution >= 0.6 is 0 Å². The van der Waals surface area contributed by atoms with Crippen LogP contribution in [-0.4, -0.2) is 97.2 Å². The Hall–Kier alpha value is -1.51. The summed E-state index contributed by atoms with van der Waals surface area (Å²) in [7, 11) is -4.81. The Morgan fingerprint density at radius 1 is 1.19 bits per heavy atom. The number of hydroxylamine groups is 3. The van der Waals surface area contributed by atoms with Crippen LogP contribution in [0.4, 0.5) is 4.79 Å². The van der Waals surface area contributed by atoms with Crippen LogP contribution in [0.3, 0.4) is 0 Å². The van der Waals surface area contributed by atoms with Gasteiger partial charge in [0.25, 0.3) is 5.91 Å². The average molecular weight is 476 g/mol. The van der Waals surface area contributed by atoms with Crippen molar-refractivity contribution in [3.63, 3.8) is 0 Å². The zero-order chi connectivity index (χ0) is 22.7. The number of rotatable bonds is 8. The van der Waals surface area contributed by atoms with Gasteiger partial charge in [0.05, 0.1) is 12.6 Å². The molecule has 4 atom stereocenters. The van der Waals surface area contributed by atoms with E-state index in [1.165, 1.54) is 43.7 Å². The summed E-state index contributed by atoms with van der Waals surface area (Å²) in [6.45, 7) is 4.88. The molecule has 3 N–H and O–H groups in total. The van der Waals surface area contributed by atoms with Gasteiger partial charge in [-0.2, -0.15) is 13.5 Å². The summed E-state index contributed by atoms with van der Waals surface area (Å²) in [5.41, 5.74) is 2.44. The van der Waals surface area contributed by atoms with Crippen LogP contribution in [0, 0.1) is 5.92 Å². The summed E-state index contributed by atoms with van der Waals surface area (Å²) in [6.07, 6.45) is 6.91. The van der Waals surface area contributed by atoms with Crippen molar-refractivity contribution in [2.75, 3.05) is 39.3 Å². The molecule has 0 radical (unpaired) electrons. The molecule has 0 aliphatic carbocycles. The van der Waals surface area contributed by atoms with Crippen LogP contribution < -0.4 is 10.8 Å². The Bertz CT molecular complexity index is 789. The van der Waals surface area contributed by atoms with Crippen LogP contribution in [0.1, 0.15) is 44.9 Å². The summed E-state index contributed by atoms with van der Waals surface area (Å²) < 4.78 is 35.2. The fourth-order valence-electron chi connectivity index (χ4n) is 5.24. The molecule has 4 aliphatic rings. The molecule has 2 bridgehead atoms. The van der Waals surface area contributed by atoms with Crippen molar-refractivity contribution in [3.8, 4) is 0 Å². The van der Waals surface area contributed by atoms with E-state index in [1.54, 1.807) is 0 Å². The molecule has 182 valence electrons. The molecule has 12 nitrogen and oxygen atoms in total. The number of likely N-dealkylation sites (tertiary alicyclic amines) is 1. The summed E-state index contributed by atoms with van der Waals surface area (Å²) >= 11 is 0. The molecule has 4 saturated heterocycles. The van der Waals surface area contributed by atoms with Gasteiger partial charge in [0, 0.05) is 19.1 Å². The maximum absolute atomic E-state index is 12.6. The molecule has 2 unspecified atom stereocenters. The molecular weight excluding hydrogens is 442 g/mol. The molecule has 4 fully saturated rings. The Morgan fingerprint density at radius 2 is 1.94 bits per heavy atom. The summed E-state index contributed by atoms with van der Waals surface area (Å²) in [6, 6.07) is -1.91. The fourth-order valence-corrected chi connectivity index (χ4v) is 5.63. The quantitative estimate of drug-likeness (QED) is 0.324. The predicted octanol–water partition coefficient (Wildman–Crippen LogP) is -0.109. The van der Waals surface area contributed by atoms with Gasteiger partial charge < -0.3 is 15.1 Å². The van der Waals surface area contributed by atoms with E-state index in [0.717, 1.165) is 19.5 Å². The number of piperidine rings is 1. The van der Waals surface area contributed by atoms with E-state index in [2.05, 4.69) is 20.0 Å². The Morgan fingerprint density at radius 3 is 2.66 bits per heavy atom. The highest BCUT2D eigenvalue weighted by Crippen LogP contribution is 2.30. The monoisotopic (exact) mass is 475 g/mol. The molecule has 32 heavy (non-hydrogen) atoms. The normalized spacial score (nSPS) is 31.7. The lowest BCUT2D eigenvalue weighted by molar-refractivity contribution is -0.139. The van der Waals surface area contributed by atoms with E-state index in [0.29, 0.717) is 30.4 Å². The van der Waals surface area contributed by atoms with Crippen LogP contribution in [-0.2, 0) is 24.3 Å². The van der Waals surface area contributed by atoms with Crippen LogP contribution in [0.5, 0.6) is 0 Å². The van der Waals surface area contributed by atoms with Gasteiger partial charge in [-0.3, -0.25) is 14.2 Å². The molecule has 0 saturated carbocycles. The first-order chi connectivity index (χ1) is 15.3. The maximum Gasteiger partial charge on any atom is 0.418 e. The molecule has 4 aliphatic heterocycles. The molecule has 13 heteroatoms. The number of urea groups is 1. The zero-order valence-corrected chi connectivity index (χ0v) is 19.0. The highest BCUT2D eigenvalue weighted by Gasteiger charge is 2.49. The second kappa shape index (κ2) is 10.2. The second-order valence-electron chi connectivity index (χ2n) is 9.21. The predicted molar refractivity (Wildman–Crippen MR) is 112 cm³/mol. The van der Waals surface area contributed by atoms with Gasteiger partial charge in [-0.15, -0.1) is 4.28 Å². The van der Waals surface area contributed by atoms with Crippen molar-refractivity contribution in [3.05, 3.63) is 0 Å². The minimum absolute atomic E-state index is 0.148. The lowest BCUT2D eigenvalue weighted by atomic mass is 10.0. The van der Waals surface area contributed by atoms with E-state index in [9.17, 15) is 18.0 Å². The molecule has 0 aromatic heterocycles. The van der Waals surface area contributed by atoms with Gasteiger partial charge in [-0.05, 0) is 57.7 Å². The topological polar surface area (TPSA) is 141 Å². The van der Waals surface area contributed by atoms with Crippen molar-refractivity contribution in [2.24, 2.45) is 5.92 Å². The van der Waals surface area contributed by atoms with Crippen molar-refractivity contribution in [1.29, 1.82) is 0 Å². The number of hydrogen-bond donors (Lipinski definition) is 3. The SMILES string of the molecule is O=C(NOC[C@H]1C[C@H](CN2CCCCCC2)CN1)C1CCC2CN1C(=O)N2OS(=O)(=O)O. The number of nitrogens with one attached hydrogen (secondary N) is 2. The number of carbonyl (C=O) groups is 2. The zero-order valence-electron chi connectivity index (χ0n) is 18.1. The van der Waals surface area contributed by atoms with Gasteiger partial charge in [0.15, 0.2) is 0 Å². The van der Waals surface area contributed by atoms with Crippen molar-refractivity contribution in [1.82, 2.24) is 25.7 Å². The summed E-state index contributed by atoms with van der Waals surface area (Å²) in [5.74, 6) is 0.119. The number of fused-ring (bicyclic) bond motifs is 2. The molecule has 0 aromatic rings. The molecule has 0 aromatic carbocycles. The average Bonchev–Trinajstić information content (AvgIpc) is 3.14. The number of hydrogen-bond acceptors (Lipinski definition) is 8. The molecule has 4 rings (SSSR count). The smallest absolute Gasteiger partial charge is 0.311 e. The Kier molecular flexibility index (Phi) is 7.52. The second-order valence-corrected chi connectivity index (χ2v) is 10.2. The molecular formula is C19H33N5O7S. The molecule has 3 amide bonds. The van der Waals surface area contributed by atoms with E-state index >= 15 is 0 Å². The first-order valence-electron chi connectivity index (χ1n) is 11.4. The third-order valence-electron chi connectivity index (χ3n) is 6.79. The van der Waals surface area contributed by atoms with Crippen LogP contribution in [0.25, 0.3) is 0 Å². The lowest BCUT2D eigenvalue weighted by Gasteiger charge is -2.29. The summed E-state index contributed by atoms with van der Waals surface area (Å²) in [4.78, 5) is 34.2. The van der Waals surface area contributed by atoms with Gasteiger partial charge >= 0.3 is 16.4 Å². The largest absolute Gasteiger partial charge is 0.418 e. The third-order valence-corrected chi connectivity index (χ3v) is 7.13. The number of nitrogens with zero attached hydrogens (tertiary/aromatic N) is 3. The fraction of sp³-hybridized carbons (Fsp3) is 0.895. The van der Waals surface area contributed by atoms with Crippen molar-refractivity contribution < 1.29 is 31.7 Å². The highest BCUT2D eigenvalue weighted by atomic mass is 32.3.